The van der Waals surface area contributed by atoms with E-state index in [9.17, 15) is 23.1 Å². The molecule has 12 heteroatoms. The standard InChI is InChI=1S/C28H25BrN2O7S2/c29-24-25(38-16-23(32)33)27(28(34)35)39-26(24)19-6-3-7-21(14-19)30-20-10-12-31(13-11-20)40(36,37)22-9-8-17-4-1-2-5-18(17)15-22/h1-9,14-15,20,30H,10-13,16H2,(H,32,33)(H,34,35). The number of carboxylic acids is 2. The van der Waals surface area contributed by atoms with E-state index in [1.807, 2.05) is 54.6 Å². The van der Waals surface area contributed by atoms with Crippen LogP contribution in [0.1, 0.15) is 22.5 Å². The summed E-state index contributed by atoms with van der Waals surface area (Å²) in [4.78, 5) is 23.5. The van der Waals surface area contributed by atoms with Crippen molar-refractivity contribution in [2.45, 2.75) is 23.8 Å². The number of halogens is 1. The van der Waals surface area contributed by atoms with Gasteiger partial charge in [0.05, 0.1) is 14.2 Å². The molecule has 0 spiro atoms. The second-order valence-corrected chi connectivity index (χ2v) is 13.1. The van der Waals surface area contributed by atoms with E-state index in [-0.39, 0.29) is 16.7 Å². The first kappa shape index (κ1) is 28.1. The van der Waals surface area contributed by atoms with Gasteiger partial charge in [-0.1, -0.05) is 42.5 Å². The van der Waals surface area contributed by atoms with Gasteiger partial charge in [-0.3, -0.25) is 0 Å². The van der Waals surface area contributed by atoms with Crippen molar-refractivity contribution in [3.63, 3.8) is 0 Å². The van der Waals surface area contributed by atoms with Gasteiger partial charge in [0.25, 0.3) is 0 Å². The highest BCUT2D eigenvalue weighted by Crippen LogP contribution is 2.46. The summed E-state index contributed by atoms with van der Waals surface area (Å²) in [6.45, 7) is 0.108. The predicted molar refractivity (Wildman–Crippen MR) is 157 cm³/mol. The molecule has 2 heterocycles. The smallest absolute Gasteiger partial charge is 0.349 e. The van der Waals surface area contributed by atoms with E-state index in [2.05, 4.69) is 21.2 Å². The molecule has 208 valence electrons. The Kier molecular flexibility index (Phi) is 8.13. The van der Waals surface area contributed by atoms with E-state index in [1.54, 1.807) is 12.1 Å². The second kappa shape index (κ2) is 11.6. The number of ether oxygens (including phenoxy) is 1. The van der Waals surface area contributed by atoms with Gasteiger partial charge >= 0.3 is 11.9 Å². The molecule has 0 bridgehead atoms. The van der Waals surface area contributed by atoms with Crippen molar-refractivity contribution in [3.8, 4) is 16.2 Å². The van der Waals surface area contributed by atoms with Gasteiger partial charge < -0.3 is 20.3 Å². The van der Waals surface area contributed by atoms with Crippen molar-refractivity contribution in [2.75, 3.05) is 25.0 Å². The molecule has 0 saturated carbocycles. The van der Waals surface area contributed by atoms with Gasteiger partial charge in [-0.25, -0.2) is 18.0 Å². The number of nitrogens with one attached hydrogen (secondary N) is 1. The number of anilines is 1. The summed E-state index contributed by atoms with van der Waals surface area (Å²) in [5, 5.41) is 23.9. The number of carbonyl (C=O) groups is 2. The lowest BCUT2D eigenvalue weighted by Crippen LogP contribution is -2.42. The topological polar surface area (TPSA) is 133 Å². The Morgan fingerprint density at radius 3 is 2.42 bits per heavy atom. The highest BCUT2D eigenvalue weighted by molar-refractivity contribution is 9.10. The Hall–Kier alpha value is -3.45. The molecule has 1 aliphatic rings. The second-order valence-electron chi connectivity index (χ2n) is 9.30. The molecule has 4 aromatic rings. The fourth-order valence-corrected chi connectivity index (χ4v) is 8.08. The van der Waals surface area contributed by atoms with Crippen LogP contribution in [0.25, 0.3) is 21.2 Å². The molecule has 0 radical (unpaired) electrons. The van der Waals surface area contributed by atoms with Crippen LogP contribution < -0.4 is 10.1 Å². The number of piperidine rings is 1. The summed E-state index contributed by atoms with van der Waals surface area (Å²) in [6, 6.07) is 20.3. The van der Waals surface area contributed by atoms with Gasteiger partial charge in [0, 0.05) is 24.8 Å². The average molecular weight is 646 g/mol. The maximum Gasteiger partial charge on any atom is 0.349 e. The number of fused-ring (bicyclic) bond motifs is 1. The summed E-state index contributed by atoms with van der Waals surface area (Å²) in [5.41, 5.74) is 1.53. The third-order valence-corrected chi connectivity index (χ3v) is 10.8. The normalized spacial score (nSPS) is 14.7. The molecule has 0 aliphatic carbocycles. The number of aromatic carboxylic acids is 1. The molecule has 0 atom stereocenters. The Labute approximate surface area is 243 Å². The predicted octanol–water partition coefficient (Wildman–Crippen LogP) is 5.76. The Morgan fingerprint density at radius 1 is 1.00 bits per heavy atom. The van der Waals surface area contributed by atoms with Gasteiger partial charge in [0.2, 0.25) is 10.0 Å². The minimum Gasteiger partial charge on any atom is -0.479 e. The molecule has 0 unspecified atom stereocenters. The number of rotatable bonds is 9. The summed E-state index contributed by atoms with van der Waals surface area (Å²) >= 11 is 4.37. The zero-order chi connectivity index (χ0) is 28.4. The van der Waals surface area contributed by atoms with Crippen molar-refractivity contribution in [1.82, 2.24) is 4.31 Å². The third-order valence-electron chi connectivity index (χ3n) is 6.65. The van der Waals surface area contributed by atoms with E-state index >= 15 is 0 Å². The Morgan fingerprint density at radius 2 is 1.73 bits per heavy atom. The summed E-state index contributed by atoms with van der Waals surface area (Å²) in [6.07, 6.45) is 1.24. The SMILES string of the molecule is O=C(O)COc1c(C(=O)O)sc(-c2cccc(NC3CCN(S(=O)(=O)c4ccc5ccccc5c4)CC3)c2)c1Br. The van der Waals surface area contributed by atoms with E-state index in [0.717, 1.165) is 33.4 Å². The summed E-state index contributed by atoms with van der Waals surface area (Å²) < 4.78 is 33.8. The number of benzene rings is 3. The molecular formula is C28H25BrN2O7S2. The third kappa shape index (κ3) is 5.85. The summed E-state index contributed by atoms with van der Waals surface area (Å²) in [7, 11) is -3.61. The first-order chi connectivity index (χ1) is 19.1. The molecule has 5 rings (SSSR count). The van der Waals surface area contributed by atoms with Crippen molar-refractivity contribution in [3.05, 3.63) is 76.1 Å². The minimum absolute atomic E-state index is 0.0201. The highest BCUT2D eigenvalue weighted by Gasteiger charge is 2.30. The molecule has 1 saturated heterocycles. The fourth-order valence-electron chi connectivity index (χ4n) is 4.69. The maximum atomic E-state index is 13.3. The monoisotopic (exact) mass is 644 g/mol. The van der Waals surface area contributed by atoms with Crippen LogP contribution in [0, 0.1) is 0 Å². The number of nitrogens with zero attached hydrogens (tertiary/aromatic N) is 1. The lowest BCUT2D eigenvalue weighted by Gasteiger charge is -2.32. The molecule has 9 nitrogen and oxygen atoms in total. The van der Waals surface area contributed by atoms with Crippen molar-refractivity contribution >= 4 is 65.7 Å². The van der Waals surface area contributed by atoms with Crippen molar-refractivity contribution in [2.24, 2.45) is 0 Å². The van der Waals surface area contributed by atoms with E-state index in [1.165, 1.54) is 4.31 Å². The Balaban J connectivity index is 1.28. The van der Waals surface area contributed by atoms with Crippen LogP contribution in [0.15, 0.2) is 76.1 Å². The number of hydrogen-bond acceptors (Lipinski definition) is 7. The quantitative estimate of drug-likeness (QED) is 0.209. The van der Waals surface area contributed by atoms with Gasteiger partial charge in [-0.15, -0.1) is 11.3 Å². The molecule has 40 heavy (non-hydrogen) atoms. The molecular weight excluding hydrogens is 620 g/mol. The lowest BCUT2D eigenvalue weighted by molar-refractivity contribution is -0.139. The minimum atomic E-state index is -3.61. The first-order valence-electron chi connectivity index (χ1n) is 12.4. The van der Waals surface area contributed by atoms with Crippen LogP contribution in [0.3, 0.4) is 0 Å². The molecule has 0 amide bonds. The average Bonchev–Trinajstić information content (AvgIpc) is 3.28. The van der Waals surface area contributed by atoms with Gasteiger partial charge in [0.1, 0.15) is 0 Å². The Bertz CT molecular complexity index is 1700. The van der Waals surface area contributed by atoms with E-state index in [0.29, 0.717) is 40.2 Å². The fraction of sp³-hybridized carbons (Fsp3) is 0.214. The van der Waals surface area contributed by atoms with Crippen LogP contribution >= 0.6 is 27.3 Å². The van der Waals surface area contributed by atoms with Crippen LogP contribution in [0.4, 0.5) is 5.69 Å². The van der Waals surface area contributed by atoms with E-state index < -0.39 is 28.6 Å². The molecule has 1 aliphatic heterocycles. The molecule has 1 fully saturated rings. The zero-order valence-corrected chi connectivity index (χ0v) is 24.3. The molecule has 3 aromatic carbocycles. The molecule has 3 N–H and O–H groups in total. The highest BCUT2D eigenvalue weighted by atomic mass is 79.9. The number of carboxylic acid groups (broad SMARTS) is 2. The van der Waals surface area contributed by atoms with Crippen molar-refractivity contribution in [1.29, 1.82) is 0 Å². The van der Waals surface area contributed by atoms with Crippen LogP contribution in [0.5, 0.6) is 5.75 Å². The zero-order valence-electron chi connectivity index (χ0n) is 21.0. The van der Waals surface area contributed by atoms with Crippen LogP contribution in [-0.4, -0.2) is 60.6 Å². The number of hydrogen-bond donors (Lipinski definition) is 3. The van der Waals surface area contributed by atoms with Gasteiger partial charge in [-0.2, -0.15) is 4.31 Å². The van der Waals surface area contributed by atoms with Crippen molar-refractivity contribution < 1.29 is 33.0 Å². The van der Waals surface area contributed by atoms with Gasteiger partial charge in [-0.05, 0) is 69.4 Å². The van der Waals surface area contributed by atoms with Gasteiger partial charge in [0.15, 0.2) is 17.2 Å². The van der Waals surface area contributed by atoms with Crippen LogP contribution in [-0.2, 0) is 14.8 Å². The first-order valence-corrected chi connectivity index (χ1v) is 15.4. The maximum absolute atomic E-state index is 13.3. The number of sulfonamides is 1. The lowest BCUT2D eigenvalue weighted by atomic mass is 10.1. The van der Waals surface area contributed by atoms with E-state index in [4.69, 9.17) is 9.84 Å². The number of thiophene rings is 1. The molecule has 1 aromatic heterocycles. The van der Waals surface area contributed by atoms with Crippen LogP contribution in [0.2, 0.25) is 0 Å². The summed E-state index contributed by atoms with van der Waals surface area (Å²) in [5.74, 6) is -2.44. The number of aliphatic carboxylic acids is 1. The largest absolute Gasteiger partial charge is 0.479 e.